The van der Waals surface area contributed by atoms with Crippen molar-refractivity contribution < 1.29 is 0 Å². The van der Waals surface area contributed by atoms with Gasteiger partial charge in [-0.05, 0) is 163 Å². The fourth-order valence-corrected chi connectivity index (χ4v) is 14.8. The van der Waals surface area contributed by atoms with Gasteiger partial charge < -0.3 is 13.7 Å². The fraction of sp³-hybridized carbons (Fsp3) is 0. The van der Waals surface area contributed by atoms with E-state index >= 15 is 0 Å². The molecular weight excluding hydrogens is 1130 g/mol. The zero-order valence-electron chi connectivity index (χ0n) is 50.4. The van der Waals surface area contributed by atoms with Crippen molar-refractivity contribution >= 4 is 97.7 Å². The fourth-order valence-electron chi connectivity index (χ4n) is 14.8. The molecule has 0 aliphatic rings. The van der Waals surface area contributed by atoms with Gasteiger partial charge >= 0.3 is 0 Å². The Hall–Kier alpha value is -12.5. The number of rotatable bonds is 9. The summed E-state index contributed by atoms with van der Waals surface area (Å²) in [5, 5.41) is 14.5. The highest BCUT2D eigenvalue weighted by atomic mass is 15.0. The molecule has 4 aromatic heterocycles. The molecule has 0 atom stereocenters. The van der Waals surface area contributed by atoms with E-state index < -0.39 is 0 Å². The third kappa shape index (κ3) is 8.46. The zero-order chi connectivity index (χ0) is 61.1. The van der Waals surface area contributed by atoms with Gasteiger partial charge in [-0.15, -0.1) is 0 Å². The predicted octanol–water partition coefficient (Wildman–Crippen LogP) is 22.6. The number of aromatic nitrogens is 6. The van der Waals surface area contributed by atoms with Crippen molar-refractivity contribution in [3.8, 4) is 84.6 Å². The first kappa shape index (κ1) is 52.4. The molecule has 0 bridgehead atoms. The normalized spacial score (nSPS) is 11.9. The molecule has 0 fully saturated rings. The molecular formula is C87H54N6. The summed E-state index contributed by atoms with van der Waals surface area (Å²) in [6.07, 6.45) is 0. The summed E-state index contributed by atoms with van der Waals surface area (Å²) in [6.45, 7) is 0. The van der Waals surface area contributed by atoms with Crippen molar-refractivity contribution in [2.45, 2.75) is 0 Å². The molecule has 0 N–H and O–H groups in total. The second kappa shape index (κ2) is 21.1. The second-order valence-electron chi connectivity index (χ2n) is 24.3. The van der Waals surface area contributed by atoms with E-state index in [0.717, 1.165) is 66.9 Å². The van der Waals surface area contributed by atoms with Crippen LogP contribution in [0, 0.1) is 0 Å². The molecule has 6 nitrogen and oxygen atoms in total. The molecule has 93 heavy (non-hydrogen) atoms. The highest BCUT2D eigenvalue weighted by Gasteiger charge is 2.22. The van der Waals surface area contributed by atoms with Crippen LogP contribution in [0.1, 0.15) is 0 Å². The van der Waals surface area contributed by atoms with Crippen LogP contribution in [0.3, 0.4) is 0 Å². The third-order valence-corrected chi connectivity index (χ3v) is 19.0. The van der Waals surface area contributed by atoms with Crippen molar-refractivity contribution in [3.05, 3.63) is 328 Å². The number of hydrogen-bond acceptors (Lipinski definition) is 3. The zero-order valence-corrected chi connectivity index (χ0v) is 50.4. The van der Waals surface area contributed by atoms with Crippen LogP contribution < -0.4 is 0 Å². The molecule has 0 amide bonds. The lowest BCUT2D eigenvalue weighted by Crippen LogP contribution is -2.00. The standard InChI is InChI=1S/C87H54N6/c1-5-21-55(22-6-1)58-39-46-81-76(50-58)77-52-60(59-40-47-80-75(51-59)71-33-15-17-36-78(71)91(80)63-29-11-4-12-30-63)41-48-82(77)92(81)64-42-44-69-67-31-13-14-32-68(67)70-45-43-65(54-74(70)73(69)53-64)93-79-37-18-16-34-72(79)84-66(35-20-38-83(84)93)61-27-19-28-62(49-61)87-89-85(56-23-7-2-8-24-56)88-86(90-87)57-25-9-3-10-26-57/h1-54H. The lowest BCUT2D eigenvalue weighted by molar-refractivity contribution is 1.07. The predicted molar refractivity (Wildman–Crippen MR) is 388 cm³/mol. The van der Waals surface area contributed by atoms with Gasteiger partial charge in [0.15, 0.2) is 17.5 Å². The van der Waals surface area contributed by atoms with Crippen molar-refractivity contribution in [2.75, 3.05) is 0 Å². The van der Waals surface area contributed by atoms with Crippen LogP contribution in [0.15, 0.2) is 328 Å². The van der Waals surface area contributed by atoms with Crippen molar-refractivity contribution in [1.29, 1.82) is 0 Å². The highest BCUT2D eigenvalue weighted by Crippen LogP contribution is 2.45. The van der Waals surface area contributed by atoms with E-state index in [-0.39, 0.29) is 0 Å². The molecule has 6 heteroatoms. The average Bonchev–Trinajstić information content (AvgIpc) is 1.71. The lowest BCUT2D eigenvalue weighted by atomic mass is 9.93. The van der Waals surface area contributed by atoms with Gasteiger partial charge in [0, 0.05) is 66.1 Å². The topological polar surface area (TPSA) is 53.5 Å². The Kier molecular flexibility index (Phi) is 11.9. The summed E-state index contributed by atoms with van der Waals surface area (Å²) in [7, 11) is 0. The van der Waals surface area contributed by atoms with Crippen LogP contribution in [-0.4, -0.2) is 28.7 Å². The molecule has 4 heterocycles. The molecule has 19 aromatic rings. The van der Waals surface area contributed by atoms with Gasteiger partial charge in [-0.1, -0.05) is 231 Å². The summed E-state index contributed by atoms with van der Waals surface area (Å²) in [5.41, 5.74) is 20.0. The van der Waals surface area contributed by atoms with E-state index in [1.807, 2.05) is 36.4 Å². The van der Waals surface area contributed by atoms with Gasteiger partial charge in [0.05, 0.1) is 33.1 Å². The summed E-state index contributed by atoms with van der Waals surface area (Å²) < 4.78 is 7.33. The largest absolute Gasteiger partial charge is 0.309 e. The maximum Gasteiger partial charge on any atom is 0.164 e. The van der Waals surface area contributed by atoms with Gasteiger partial charge in [0.1, 0.15) is 0 Å². The second-order valence-corrected chi connectivity index (χ2v) is 24.3. The molecule has 0 radical (unpaired) electrons. The summed E-state index contributed by atoms with van der Waals surface area (Å²) in [6, 6.07) is 119. The van der Waals surface area contributed by atoms with Gasteiger partial charge in [-0.3, -0.25) is 0 Å². The Morgan fingerprint density at radius 1 is 0.172 bits per heavy atom. The van der Waals surface area contributed by atoms with Crippen LogP contribution in [0.2, 0.25) is 0 Å². The SMILES string of the molecule is c1ccc(-c2ccc3c(c2)c2cc(-c4ccc5c(c4)c4ccccc4n5-c4ccccc4)ccc2n3-c2ccc3c4ccccc4c4ccc(-n5c6ccccc6c6c(-c7cccc(-c8nc(-c9ccccc9)nc(-c9ccccc9)n8)c7)cccc65)cc4c3c2)cc1. The minimum atomic E-state index is 0.622. The van der Waals surface area contributed by atoms with Crippen LogP contribution >= 0.6 is 0 Å². The first-order valence-corrected chi connectivity index (χ1v) is 31.7. The van der Waals surface area contributed by atoms with Crippen molar-refractivity contribution in [2.24, 2.45) is 0 Å². The molecule has 0 saturated heterocycles. The first-order chi connectivity index (χ1) is 46.1. The molecule has 0 aliphatic heterocycles. The van der Waals surface area contributed by atoms with E-state index in [2.05, 4.69) is 305 Å². The number of benzene rings is 15. The maximum atomic E-state index is 5.12. The smallest absolute Gasteiger partial charge is 0.164 e. The van der Waals surface area contributed by atoms with E-state index in [4.69, 9.17) is 15.0 Å². The van der Waals surface area contributed by atoms with Gasteiger partial charge in [0.2, 0.25) is 0 Å². The van der Waals surface area contributed by atoms with E-state index in [9.17, 15) is 0 Å². The lowest BCUT2D eigenvalue weighted by Gasteiger charge is -2.16. The number of fused-ring (bicyclic) bond motifs is 15. The number of nitrogens with zero attached hydrogens (tertiary/aromatic N) is 6. The average molecular weight is 1180 g/mol. The molecule has 0 spiro atoms. The van der Waals surface area contributed by atoms with Crippen LogP contribution in [0.5, 0.6) is 0 Å². The molecule has 0 aliphatic carbocycles. The van der Waals surface area contributed by atoms with E-state index in [1.54, 1.807) is 0 Å². The number of hydrogen-bond donors (Lipinski definition) is 0. The molecule has 0 saturated carbocycles. The Labute approximate surface area is 535 Å². The maximum absolute atomic E-state index is 5.12. The highest BCUT2D eigenvalue weighted by molar-refractivity contribution is 6.26. The first-order valence-electron chi connectivity index (χ1n) is 31.7. The monoisotopic (exact) mass is 1180 g/mol. The van der Waals surface area contributed by atoms with Gasteiger partial charge in [0.25, 0.3) is 0 Å². The molecule has 19 rings (SSSR count). The van der Waals surface area contributed by atoms with Crippen molar-refractivity contribution in [1.82, 2.24) is 28.7 Å². The van der Waals surface area contributed by atoms with Crippen LogP contribution in [0.25, 0.3) is 182 Å². The quantitative estimate of drug-likeness (QED) is 0.135. The minimum Gasteiger partial charge on any atom is -0.309 e. The van der Waals surface area contributed by atoms with E-state index in [0.29, 0.717) is 17.5 Å². The minimum absolute atomic E-state index is 0.622. The molecule has 0 unspecified atom stereocenters. The summed E-state index contributed by atoms with van der Waals surface area (Å²) in [4.78, 5) is 15.2. The summed E-state index contributed by atoms with van der Waals surface area (Å²) >= 11 is 0. The van der Waals surface area contributed by atoms with Gasteiger partial charge in [-0.2, -0.15) is 0 Å². The molecule has 15 aromatic carbocycles. The van der Waals surface area contributed by atoms with E-state index in [1.165, 1.54) is 97.9 Å². The van der Waals surface area contributed by atoms with Gasteiger partial charge in [-0.25, -0.2) is 15.0 Å². The third-order valence-electron chi connectivity index (χ3n) is 19.0. The Balaban J connectivity index is 0.776. The Bertz CT molecular complexity index is 6160. The summed E-state index contributed by atoms with van der Waals surface area (Å²) in [5.74, 6) is 1.89. The molecule has 432 valence electrons. The van der Waals surface area contributed by atoms with Crippen LogP contribution in [0.4, 0.5) is 0 Å². The van der Waals surface area contributed by atoms with Crippen LogP contribution in [-0.2, 0) is 0 Å². The number of para-hydroxylation sites is 3. The Morgan fingerprint density at radius 3 is 1.10 bits per heavy atom. The Morgan fingerprint density at radius 2 is 0.538 bits per heavy atom. The van der Waals surface area contributed by atoms with Crippen molar-refractivity contribution in [3.63, 3.8) is 0 Å².